The van der Waals surface area contributed by atoms with Crippen molar-refractivity contribution in [3.8, 4) is 0 Å². The third-order valence-electron chi connectivity index (χ3n) is 3.70. The molecular weight excluding hydrogens is 364 g/mol. The highest BCUT2D eigenvalue weighted by Crippen LogP contribution is 2.37. The van der Waals surface area contributed by atoms with Gasteiger partial charge in [0.15, 0.2) is 0 Å². The molecule has 0 amide bonds. The summed E-state index contributed by atoms with van der Waals surface area (Å²) in [5.74, 6) is -8.22. The number of hydrogen-bond acceptors (Lipinski definition) is 13. The molecule has 6 N–H and O–H groups in total. The van der Waals surface area contributed by atoms with Gasteiger partial charge in [0.05, 0.1) is 6.61 Å². The molecule has 0 aromatic heterocycles. The minimum atomic E-state index is -3.35. The highest BCUT2D eigenvalue weighted by molar-refractivity contribution is 6.34. The normalized spacial score (nSPS) is 33.7. The first-order valence-electron chi connectivity index (χ1n) is 7.06. The minimum Gasteiger partial charge on any atom is -0.394 e. The Morgan fingerprint density at radius 1 is 1.12 bits per heavy atom. The van der Waals surface area contributed by atoms with Crippen LogP contribution in [-0.2, 0) is 28.6 Å². The van der Waals surface area contributed by atoms with Crippen molar-refractivity contribution in [1.29, 1.82) is 0 Å². The molecule has 13 heteroatoms. The van der Waals surface area contributed by atoms with Gasteiger partial charge in [-0.05, 0) is 6.92 Å². The van der Waals surface area contributed by atoms with Crippen LogP contribution in [0.2, 0.25) is 0 Å². The van der Waals surface area contributed by atoms with Gasteiger partial charge in [0.25, 0.3) is 0 Å². The summed E-state index contributed by atoms with van der Waals surface area (Å²) >= 11 is 0. The summed E-state index contributed by atoms with van der Waals surface area (Å²) in [6.07, 6.45) is -10.3. The number of ether oxygens (including phenoxy) is 3. The molecule has 13 nitrogen and oxygen atoms in total. The third-order valence-corrected chi connectivity index (χ3v) is 3.70. The van der Waals surface area contributed by atoms with Gasteiger partial charge < -0.3 is 44.8 Å². The number of aliphatic hydroxyl groups is 6. The maximum atomic E-state index is 11.9. The zero-order chi connectivity index (χ0) is 20.4. The minimum absolute atomic E-state index is 0.511. The first-order chi connectivity index (χ1) is 11.8. The van der Waals surface area contributed by atoms with Gasteiger partial charge in [-0.15, -0.1) is 0 Å². The average molecular weight is 382 g/mol. The van der Waals surface area contributed by atoms with Crippen LogP contribution in [0.25, 0.3) is 0 Å². The summed E-state index contributed by atoms with van der Waals surface area (Å²) in [6.45, 7) is 0.273. The van der Waals surface area contributed by atoms with Crippen LogP contribution in [0.1, 0.15) is 13.8 Å². The Kier molecular flexibility index (Phi) is 6.54. The van der Waals surface area contributed by atoms with E-state index in [1.54, 1.807) is 0 Å². The van der Waals surface area contributed by atoms with Crippen molar-refractivity contribution in [3.63, 3.8) is 0 Å². The molecule has 0 radical (unpaired) electrons. The number of hydrogen-bond donors (Lipinski definition) is 6. The molecular formula is C13H18O13. The van der Waals surface area contributed by atoms with Gasteiger partial charge in [-0.25, -0.2) is 14.4 Å². The lowest BCUT2D eigenvalue weighted by atomic mass is 9.82. The second-order valence-electron chi connectivity index (χ2n) is 5.62. The van der Waals surface area contributed by atoms with E-state index in [4.69, 9.17) is 9.84 Å². The van der Waals surface area contributed by atoms with E-state index in [0.717, 1.165) is 6.92 Å². The molecule has 1 fully saturated rings. The lowest BCUT2D eigenvalue weighted by Gasteiger charge is -2.49. The first-order valence-corrected chi connectivity index (χ1v) is 7.06. The van der Waals surface area contributed by atoms with E-state index >= 15 is 0 Å². The number of Topliss-reactive ketones (excluding diaryl/α,β-unsaturated/α-hetero) is 1. The Balaban J connectivity index is 3.02. The zero-order valence-corrected chi connectivity index (χ0v) is 13.6. The van der Waals surface area contributed by atoms with Crippen LogP contribution in [0, 0.1) is 0 Å². The molecule has 2 unspecified atom stereocenters. The molecule has 1 saturated heterocycles. The average Bonchev–Trinajstić information content (AvgIpc) is 2.55. The van der Waals surface area contributed by atoms with Crippen molar-refractivity contribution in [2.75, 3.05) is 6.61 Å². The molecule has 26 heavy (non-hydrogen) atoms. The van der Waals surface area contributed by atoms with Gasteiger partial charge >= 0.3 is 18.1 Å². The van der Waals surface area contributed by atoms with Crippen LogP contribution >= 0.6 is 0 Å². The maximum absolute atomic E-state index is 11.9. The molecule has 6 atom stereocenters. The molecule has 0 spiro atoms. The monoisotopic (exact) mass is 382 g/mol. The van der Waals surface area contributed by atoms with E-state index in [1.807, 2.05) is 0 Å². The number of carbonyl (C=O) groups is 4. The summed E-state index contributed by atoms with van der Waals surface area (Å²) in [5, 5.41) is 58.8. The fourth-order valence-electron chi connectivity index (χ4n) is 2.05. The highest BCUT2D eigenvalue weighted by Gasteiger charge is 2.65. The second kappa shape index (κ2) is 7.71. The standard InChI is InChI=1S/C13H18O13/c1-4(15)9(19)24-11(21)25-10(20)12(2,22)13(23)8(18)7(17)6(16)5(3-14)26-13/h5-8,14,16-18,22-23H,3H2,1-2H3/t5-,6-,7+,8-,12?,13?/m1/s1. The van der Waals surface area contributed by atoms with Crippen LogP contribution in [0.5, 0.6) is 0 Å². The Morgan fingerprint density at radius 3 is 2.12 bits per heavy atom. The van der Waals surface area contributed by atoms with E-state index in [1.165, 1.54) is 0 Å². The summed E-state index contributed by atoms with van der Waals surface area (Å²) in [7, 11) is 0. The van der Waals surface area contributed by atoms with Gasteiger partial charge in [-0.1, -0.05) is 0 Å². The number of esters is 2. The summed E-state index contributed by atoms with van der Waals surface area (Å²) < 4.78 is 12.5. The predicted octanol–water partition coefficient (Wildman–Crippen LogP) is -4.30. The van der Waals surface area contributed by atoms with Gasteiger partial charge in [0.2, 0.25) is 17.2 Å². The Bertz CT molecular complexity index is 597. The number of ketones is 1. The largest absolute Gasteiger partial charge is 0.524 e. The smallest absolute Gasteiger partial charge is 0.394 e. The molecule has 1 heterocycles. The van der Waals surface area contributed by atoms with Gasteiger partial charge in [0, 0.05) is 6.92 Å². The van der Waals surface area contributed by atoms with E-state index in [9.17, 15) is 44.7 Å². The van der Waals surface area contributed by atoms with Crippen LogP contribution in [-0.4, -0.2) is 96.9 Å². The highest BCUT2D eigenvalue weighted by atomic mass is 16.8. The van der Waals surface area contributed by atoms with Crippen molar-refractivity contribution >= 4 is 23.9 Å². The van der Waals surface area contributed by atoms with Crippen molar-refractivity contribution in [2.24, 2.45) is 0 Å². The second-order valence-corrected chi connectivity index (χ2v) is 5.62. The number of carbonyl (C=O) groups excluding carboxylic acids is 4. The Hall–Kier alpha value is -2.00. The fourth-order valence-corrected chi connectivity index (χ4v) is 2.05. The molecule has 1 aliphatic rings. The van der Waals surface area contributed by atoms with Crippen molar-refractivity contribution in [3.05, 3.63) is 0 Å². The molecule has 0 aromatic carbocycles. The number of aliphatic hydroxyl groups excluding tert-OH is 4. The topological polar surface area (TPSA) is 217 Å². The number of rotatable bonds is 4. The third kappa shape index (κ3) is 3.88. The summed E-state index contributed by atoms with van der Waals surface area (Å²) in [4.78, 5) is 44.8. The van der Waals surface area contributed by atoms with E-state index in [0.29, 0.717) is 6.92 Å². The molecule has 0 bridgehead atoms. The van der Waals surface area contributed by atoms with Gasteiger partial charge in [-0.2, -0.15) is 0 Å². The van der Waals surface area contributed by atoms with E-state index < -0.39 is 66.3 Å². The van der Waals surface area contributed by atoms with E-state index in [-0.39, 0.29) is 0 Å². The van der Waals surface area contributed by atoms with Crippen molar-refractivity contribution in [2.45, 2.75) is 49.7 Å². The van der Waals surface area contributed by atoms with Gasteiger partial charge in [-0.3, -0.25) is 4.79 Å². The zero-order valence-electron chi connectivity index (χ0n) is 13.6. The van der Waals surface area contributed by atoms with Crippen molar-refractivity contribution in [1.82, 2.24) is 0 Å². The molecule has 0 aromatic rings. The molecule has 0 aliphatic carbocycles. The van der Waals surface area contributed by atoms with Crippen LogP contribution < -0.4 is 0 Å². The lowest BCUT2D eigenvalue weighted by Crippen LogP contribution is -2.74. The van der Waals surface area contributed by atoms with Crippen molar-refractivity contribution < 1.29 is 64.0 Å². The summed E-state index contributed by atoms with van der Waals surface area (Å²) in [5.41, 5.74) is -3.26. The molecule has 0 saturated carbocycles. The Morgan fingerprint density at radius 2 is 1.65 bits per heavy atom. The summed E-state index contributed by atoms with van der Waals surface area (Å²) in [6, 6.07) is 0. The molecule has 148 valence electrons. The van der Waals surface area contributed by atoms with Crippen LogP contribution in [0.4, 0.5) is 4.79 Å². The Labute approximate surface area is 145 Å². The molecule has 1 rings (SSSR count). The quantitative estimate of drug-likeness (QED) is 0.154. The van der Waals surface area contributed by atoms with Crippen LogP contribution in [0.3, 0.4) is 0 Å². The predicted molar refractivity (Wildman–Crippen MR) is 73.8 cm³/mol. The molecule has 1 aliphatic heterocycles. The maximum Gasteiger partial charge on any atom is 0.524 e. The fraction of sp³-hybridized carbons (Fsp3) is 0.692. The van der Waals surface area contributed by atoms with Gasteiger partial charge in [0.1, 0.15) is 24.4 Å². The first kappa shape index (κ1) is 22.0. The van der Waals surface area contributed by atoms with Crippen LogP contribution in [0.15, 0.2) is 0 Å². The lowest BCUT2D eigenvalue weighted by molar-refractivity contribution is -0.391. The van der Waals surface area contributed by atoms with E-state index in [2.05, 4.69) is 9.47 Å². The SMILES string of the molecule is CC(=O)C(=O)OC(=O)OC(=O)C(C)(O)C1(O)O[C@H](CO)[C@@H](O)[C@H](O)[C@H]1O.